The highest BCUT2D eigenvalue weighted by atomic mass is 15.1. The number of likely N-dealkylation sites (tertiary alicyclic amines) is 1. The maximum absolute atomic E-state index is 3.53. The van der Waals surface area contributed by atoms with Gasteiger partial charge < -0.3 is 10.2 Å². The van der Waals surface area contributed by atoms with E-state index in [4.69, 9.17) is 0 Å². The van der Waals surface area contributed by atoms with Crippen molar-refractivity contribution >= 4 is 5.69 Å². The molecule has 0 amide bonds. The van der Waals surface area contributed by atoms with Crippen LogP contribution in [0.25, 0.3) is 0 Å². The van der Waals surface area contributed by atoms with E-state index in [0.29, 0.717) is 0 Å². The minimum atomic E-state index is 0.733. The summed E-state index contributed by atoms with van der Waals surface area (Å²) in [6, 6.07) is 8.88. The van der Waals surface area contributed by atoms with E-state index < -0.39 is 0 Å². The molecule has 2 heteroatoms. The van der Waals surface area contributed by atoms with Gasteiger partial charge in [-0.1, -0.05) is 37.5 Å². The minimum Gasteiger partial charge on any atom is -0.385 e. The molecule has 1 unspecified atom stereocenters. The Bertz CT molecular complexity index is 394. The molecule has 0 aliphatic carbocycles. The summed E-state index contributed by atoms with van der Waals surface area (Å²) in [6.07, 6.45) is 8.38. The van der Waals surface area contributed by atoms with Gasteiger partial charge in [0.05, 0.1) is 0 Å². The zero-order valence-electron chi connectivity index (χ0n) is 11.9. The van der Waals surface area contributed by atoms with Crippen LogP contribution in [0.15, 0.2) is 24.3 Å². The van der Waals surface area contributed by atoms with Crippen LogP contribution in [0.3, 0.4) is 0 Å². The number of hydrogen-bond acceptors (Lipinski definition) is 2. The zero-order chi connectivity index (χ0) is 12.9. The van der Waals surface area contributed by atoms with Gasteiger partial charge in [0.15, 0.2) is 0 Å². The van der Waals surface area contributed by atoms with E-state index in [1.165, 1.54) is 69.4 Å². The van der Waals surface area contributed by atoms with E-state index in [1.807, 2.05) is 0 Å². The number of nitrogens with one attached hydrogen (secondary N) is 1. The largest absolute Gasteiger partial charge is 0.385 e. The lowest BCUT2D eigenvalue weighted by Crippen LogP contribution is -2.33. The Morgan fingerprint density at radius 2 is 1.74 bits per heavy atom. The fourth-order valence-corrected chi connectivity index (χ4v) is 3.55. The molecule has 1 N–H and O–H groups in total. The second-order valence-corrected chi connectivity index (χ2v) is 6.07. The normalized spacial score (nSPS) is 24.9. The zero-order valence-corrected chi connectivity index (χ0v) is 11.9. The van der Waals surface area contributed by atoms with Gasteiger partial charge in [0.25, 0.3) is 0 Å². The fourth-order valence-electron chi connectivity index (χ4n) is 3.55. The Morgan fingerprint density at radius 3 is 2.58 bits per heavy atom. The average molecular weight is 258 g/mol. The Hall–Kier alpha value is -1.02. The summed E-state index contributed by atoms with van der Waals surface area (Å²) in [5, 5.41) is 3.53. The SMILES string of the molecule is c1ccc2c(c1)NCCC2CN1CCCCCCC1. The second-order valence-electron chi connectivity index (χ2n) is 6.07. The lowest BCUT2D eigenvalue weighted by molar-refractivity contribution is 0.230. The van der Waals surface area contributed by atoms with Gasteiger partial charge in [-0.05, 0) is 44.0 Å². The highest BCUT2D eigenvalue weighted by molar-refractivity contribution is 5.54. The number of para-hydroxylation sites is 1. The number of rotatable bonds is 2. The van der Waals surface area contributed by atoms with Crippen LogP contribution in [0.5, 0.6) is 0 Å². The van der Waals surface area contributed by atoms with Gasteiger partial charge in [-0.25, -0.2) is 0 Å². The van der Waals surface area contributed by atoms with Crippen LogP contribution in [0, 0.1) is 0 Å². The quantitative estimate of drug-likeness (QED) is 0.866. The van der Waals surface area contributed by atoms with Crippen molar-refractivity contribution in [2.75, 3.05) is 31.5 Å². The molecule has 1 fully saturated rings. The molecular weight excluding hydrogens is 232 g/mol. The lowest BCUT2D eigenvalue weighted by Gasteiger charge is -2.32. The lowest BCUT2D eigenvalue weighted by atomic mass is 9.90. The fraction of sp³-hybridized carbons (Fsp3) is 0.647. The Morgan fingerprint density at radius 1 is 1.00 bits per heavy atom. The smallest absolute Gasteiger partial charge is 0.0376 e. The van der Waals surface area contributed by atoms with E-state index in [-0.39, 0.29) is 0 Å². The number of hydrogen-bond donors (Lipinski definition) is 1. The van der Waals surface area contributed by atoms with Gasteiger partial charge in [-0.3, -0.25) is 0 Å². The summed E-state index contributed by atoms with van der Waals surface area (Å²) in [5.74, 6) is 0.733. The van der Waals surface area contributed by atoms with Crippen molar-refractivity contribution in [3.05, 3.63) is 29.8 Å². The predicted octanol–water partition coefficient (Wildman–Crippen LogP) is 3.85. The molecule has 3 rings (SSSR count). The summed E-state index contributed by atoms with van der Waals surface area (Å²) in [4.78, 5) is 2.71. The van der Waals surface area contributed by atoms with Crippen molar-refractivity contribution in [1.82, 2.24) is 4.90 Å². The monoisotopic (exact) mass is 258 g/mol. The first-order valence-corrected chi connectivity index (χ1v) is 7.98. The van der Waals surface area contributed by atoms with Crippen LogP contribution in [-0.4, -0.2) is 31.1 Å². The summed E-state index contributed by atoms with van der Waals surface area (Å²) in [5.41, 5.74) is 2.90. The standard InChI is InChI=1S/C17H26N2/c1-2-6-12-19(13-7-3-1)14-15-10-11-18-17-9-5-4-8-16(15)17/h4-5,8-9,15,18H,1-3,6-7,10-14H2. The van der Waals surface area contributed by atoms with Gasteiger partial charge in [-0.15, -0.1) is 0 Å². The van der Waals surface area contributed by atoms with E-state index in [2.05, 4.69) is 34.5 Å². The Balaban J connectivity index is 1.66. The molecule has 1 aromatic carbocycles. The van der Waals surface area contributed by atoms with Crippen LogP contribution in [-0.2, 0) is 0 Å². The first-order chi connectivity index (χ1) is 9.43. The number of fused-ring (bicyclic) bond motifs is 1. The molecule has 1 saturated heterocycles. The molecule has 0 radical (unpaired) electrons. The van der Waals surface area contributed by atoms with Crippen molar-refractivity contribution in [3.63, 3.8) is 0 Å². The van der Waals surface area contributed by atoms with Crippen molar-refractivity contribution in [3.8, 4) is 0 Å². The van der Waals surface area contributed by atoms with Gasteiger partial charge >= 0.3 is 0 Å². The summed E-state index contributed by atoms with van der Waals surface area (Å²) >= 11 is 0. The van der Waals surface area contributed by atoms with Crippen molar-refractivity contribution in [2.24, 2.45) is 0 Å². The van der Waals surface area contributed by atoms with E-state index in [1.54, 1.807) is 0 Å². The molecule has 0 aromatic heterocycles. The molecule has 2 nitrogen and oxygen atoms in total. The maximum atomic E-state index is 3.53. The molecule has 0 saturated carbocycles. The van der Waals surface area contributed by atoms with Crippen LogP contribution >= 0.6 is 0 Å². The highest BCUT2D eigenvalue weighted by Crippen LogP contribution is 2.32. The maximum Gasteiger partial charge on any atom is 0.0376 e. The molecule has 2 aliphatic rings. The van der Waals surface area contributed by atoms with E-state index in [9.17, 15) is 0 Å². The number of nitrogens with zero attached hydrogens (tertiary/aromatic N) is 1. The summed E-state index contributed by atoms with van der Waals surface area (Å²) in [6.45, 7) is 5.02. The summed E-state index contributed by atoms with van der Waals surface area (Å²) in [7, 11) is 0. The third-order valence-electron chi connectivity index (χ3n) is 4.64. The van der Waals surface area contributed by atoms with Gasteiger partial charge in [0.1, 0.15) is 0 Å². The van der Waals surface area contributed by atoms with Crippen LogP contribution in [0.2, 0.25) is 0 Å². The van der Waals surface area contributed by atoms with E-state index in [0.717, 1.165) is 12.5 Å². The molecule has 1 aromatic rings. The number of benzene rings is 1. The Labute approximate surface area is 117 Å². The van der Waals surface area contributed by atoms with Crippen LogP contribution in [0.1, 0.15) is 50.0 Å². The molecule has 0 spiro atoms. The van der Waals surface area contributed by atoms with Crippen molar-refractivity contribution in [2.45, 2.75) is 44.4 Å². The second kappa shape index (κ2) is 6.42. The molecule has 2 aliphatic heterocycles. The van der Waals surface area contributed by atoms with Crippen molar-refractivity contribution < 1.29 is 0 Å². The molecular formula is C17H26N2. The molecule has 19 heavy (non-hydrogen) atoms. The van der Waals surface area contributed by atoms with Gasteiger partial charge in [-0.2, -0.15) is 0 Å². The third kappa shape index (κ3) is 3.30. The van der Waals surface area contributed by atoms with Crippen molar-refractivity contribution in [1.29, 1.82) is 0 Å². The third-order valence-corrected chi connectivity index (χ3v) is 4.64. The molecule has 104 valence electrons. The number of anilines is 1. The Kier molecular flexibility index (Phi) is 4.39. The first-order valence-electron chi connectivity index (χ1n) is 7.98. The van der Waals surface area contributed by atoms with Crippen LogP contribution < -0.4 is 5.32 Å². The average Bonchev–Trinajstić information content (AvgIpc) is 2.42. The predicted molar refractivity (Wildman–Crippen MR) is 81.8 cm³/mol. The minimum absolute atomic E-state index is 0.733. The molecule has 0 bridgehead atoms. The summed E-state index contributed by atoms with van der Waals surface area (Å²) < 4.78 is 0. The molecule has 1 atom stereocenters. The van der Waals surface area contributed by atoms with Gasteiger partial charge in [0, 0.05) is 24.7 Å². The molecule has 2 heterocycles. The first kappa shape index (κ1) is 13.0. The topological polar surface area (TPSA) is 15.3 Å². The highest BCUT2D eigenvalue weighted by Gasteiger charge is 2.22. The van der Waals surface area contributed by atoms with Gasteiger partial charge in [0.2, 0.25) is 0 Å². The van der Waals surface area contributed by atoms with Crippen LogP contribution in [0.4, 0.5) is 5.69 Å². The van der Waals surface area contributed by atoms with E-state index >= 15 is 0 Å².